The lowest BCUT2D eigenvalue weighted by atomic mass is 9.75. The summed E-state index contributed by atoms with van der Waals surface area (Å²) in [6.45, 7) is 1.43. The van der Waals surface area contributed by atoms with Gasteiger partial charge in [0.05, 0.1) is 11.2 Å². The second-order valence-corrected chi connectivity index (χ2v) is 6.51. The molecule has 1 aliphatic rings. The van der Waals surface area contributed by atoms with Crippen LogP contribution in [0.1, 0.15) is 25.0 Å². The number of carbonyl (C=O) groups is 1. The Hall–Kier alpha value is -1.14. The summed E-state index contributed by atoms with van der Waals surface area (Å²) in [6, 6.07) is 0.00774. The van der Waals surface area contributed by atoms with Crippen LogP contribution in [0.4, 0.5) is 4.79 Å². The van der Waals surface area contributed by atoms with Gasteiger partial charge in [-0.05, 0) is 33.4 Å². The SMILES string of the molecule is CN(CC1(N(C)C)CCC1)C(=O)NCCc1cscn1. The van der Waals surface area contributed by atoms with E-state index >= 15 is 0 Å². The molecule has 1 saturated carbocycles. The highest BCUT2D eigenvalue weighted by Gasteiger charge is 2.40. The van der Waals surface area contributed by atoms with Crippen LogP contribution in [-0.2, 0) is 6.42 Å². The van der Waals surface area contributed by atoms with Crippen molar-refractivity contribution in [1.82, 2.24) is 20.1 Å². The molecule has 0 radical (unpaired) electrons. The molecule has 1 aromatic rings. The molecule has 1 N–H and O–H groups in total. The molecule has 2 amide bonds. The van der Waals surface area contributed by atoms with Gasteiger partial charge in [0.25, 0.3) is 0 Å². The first kappa shape index (κ1) is 15.3. The second-order valence-electron chi connectivity index (χ2n) is 5.79. The molecule has 20 heavy (non-hydrogen) atoms. The van der Waals surface area contributed by atoms with E-state index in [-0.39, 0.29) is 11.6 Å². The molecule has 0 bridgehead atoms. The summed E-state index contributed by atoms with van der Waals surface area (Å²) in [4.78, 5) is 20.4. The van der Waals surface area contributed by atoms with Crippen LogP contribution in [0, 0.1) is 0 Å². The van der Waals surface area contributed by atoms with Crippen LogP contribution in [0.15, 0.2) is 10.9 Å². The molecule has 1 aliphatic carbocycles. The number of nitrogens with zero attached hydrogens (tertiary/aromatic N) is 3. The zero-order chi connectivity index (χ0) is 14.6. The van der Waals surface area contributed by atoms with Gasteiger partial charge in [-0.1, -0.05) is 0 Å². The van der Waals surface area contributed by atoms with E-state index in [1.807, 2.05) is 17.9 Å². The van der Waals surface area contributed by atoms with Gasteiger partial charge in [-0.2, -0.15) is 0 Å². The third kappa shape index (κ3) is 3.49. The smallest absolute Gasteiger partial charge is 0.317 e. The Morgan fingerprint density at radius 2 is 2.20 bits per heavy atom. The van der Waals surface area contributed by atoms with Crippen molar-refractivity contribution >= 4 is 17.4 Å². The molecule has 0 spiro atoms. The number of hydrogen-bond donors (Lipinski definition) is 1. The van der Waals surface area contributed by atoms with Crippen molar-refractivity contribution in [2.24, 2.45) is 0 Å². The predicted molar refractivity (Wildman–Crippen MR) is 82.1 cm³/mol. The van der Waals surface area contributed by atoms with Gasteiger partial charge < -0.3 is 15.1 Å². The van der Waals surface area contributed by atoms with Crippen LogP contribution in [0.3, 0.4) is 0 Å². The number of urea groups is 1. The number of thiazole rings is 1. The molecular weight excluding hydrogens is 272 g/mol. The first-order valence-corrected chi connectivity index (χ1v) is 8.01. The second kappa shape index (κ2) is 6.54. The number of amides is 2. The highest BCUT2D eigenvalue weighted by atomic mass is 32.1. The summed E-state index contributed by atoms with van der Waals surface area (Å²) in [6.07, 6.45) is 4.41. The van der Waals surface area contributed by atoms with E-state index in [0.717, 1.165) is 18.7 Å². The Balaban J connectivity index is 1.74. The third-order valence-corrected chi connectivity index (χ3v) is 4.89. The molecule has 2 rings (SSSR count). The topological polar surface area (TPSA) is 48.5 Å². The molecular formula is C14H24N4OS. The predicted octanol–water partition coefficient (Wildman–Crippen LogP) is 1.81. The largest absolute Gasteiger partial charge is 0.338 e. The number of carbonyl (C=O) groups excluding carboxylic acids is 1. The summed E-state index contributed by atoms with van der Waals surface area (Å²) in [5.74, 6) is 0. The lowest BCUT2D eigenvalue weighted by Crippen LogP contribution is -2.58. The number of likely N-dealkylation sites (N-methyl/N-ethyl adjacent to an activating group) is 2. The van der Waals surface area contributed by atoms with Crippen molar-refractivity contribution < 1.29 is 4.79 Å². The molecule has 5 nitrogen and oxygen atoms in total. The van der Waals surface area contributed by atoms with E-state index in [2.05, 4.69) is 29.3 Å². The zero-order valence-corrected chi connectivity index (χ0v) is 13.4. The fourth-order valence-electron chi connectivity index (χ4n) is 2.64. The van der Waals surface area contributed by atoms with Crippen LogP contribution >= 0.6 is 11.3 Å². The van der Waals surface area contributed by atoms with Crippen LogP contribution < -0.4 is 5.32 Å². The lowest BCUT2D eigenvalue weighted by Gasteiger charge is -2.49. The first-order valence-electron chi connectivity index (χ1n) is 7.07. The Kier molecular flexibility index (Phi) is 4.99. The van der Waals surface area contributed by atoms with Crippen LogP contribution in [0.2, 0.25) is 0 Å². The van der Waals surface area contributed by atoms with Crippen LogP contribution in [0.25, 0.3) is 0 Å². The van der Waals surface area contributed by atoms with Crippen LogP contribution in [0.5, 0.6) is 0 Å². The van der Waals surface area contributed by atoms with E-state index < -0.39 is 0 Å². The van der Waals surface area contributed by atoms with Crippen molar-refractivity contribution in [3.05, 3.63) is 16.6 Å². The Bertz CT molecular complexity index is 428. The highest BCUT2D eigenvalue weighted by Crippen LogP contribution is 2.36. The van der Waals surface area contributed by atoms with Gasteiger partial charge in [0.1, 0.15) is 0 Å². The third-order valence-electron chi connectivity index (χ3n) is 4.25. The minimum absolute atomic E-state index is 0.00774. The Labute approximate surface area is 125 Å². The first-order chi connectivity index (χ1) is 9.53. The average Bonchev–Trinajstić information content (AvgIpc) is 2.85. The van der Waals surface area contributed by atoms with Crippen molar-refractivity contribution in [3.8, 4) is 0 Å². The molecule has 0 atom stereocenters. The van der Waals surface area contributed by atoms with Gasteiger partial charge in [0, 0.05) is 37.5 Å². The quantitative estimate of drug-likeness (QED) is 0.871. The van der Waals surface area contributed by atoms with Gasteiger partial charge >= 0.3 is 6.03 Å². The minimum Gasteiger partial charge on any atom is -0.338 e. The molecule has 0 unspecified atom stereocenters. The molecule has 0 aromatic carbocycles. The van der Waals surface area contributed by atoms with E-state index in [9.17, 15) is 4.79 Å². The summed E-state index contributed by atoms with van der Waals surface area (Å²) >= 11 is 1.59. The molecule has 6 heteroatoms. The highest BCUT2D eigenvalue weighted by molar-refractivity contribution is 7.07. The summed E-state index contributed by atoms with van der Waals surface area (Å²) in [5, 5.41) is 4.98. The fraction of sp³-hybridized carbons (Fsp3) is 0.714. The van der Waals surface area contributed by atoms with Gasteiger partial charge in [-0.15, -0.1) is 11.3 Å². The minimum atomic E-state index is 0.00774. The number of aromatic nitrogens is 1. The molecule has 1 fully saturated rings. The zero-order valence-electron chi connectivity index (χ0n) is 12.6. The number of rotatable bonds is 6. The van der Waals surface area contributed by atoms with Crippen molar-refractivity contribution in [3.63, 3.8) is 0 Å². The standard InChI is InChI=1S/C14H24N4OS/c1-17(2)14(6-4-7-14)10-18(3)13(19)15-8-5-12-9-20-11-16-12/h9,11H,4-8,10H2,1-3H3,(H,15,19). The maximum atomic E-state index is 12.1. The molecule has 0 saturated heterocycles. The monoisotopic (exact) mass is 296 g/mol. The lowest BCUT2D eigenvalue weighted by molar-refractivity contribution is 0.0364. The van der Waals surface area contributed by atoms with Crippen molar-refractivity contribution in [2.45, 2.75) is 31.2 Å². The fourth-order valence-corrected chi connectivity index (χ4v) is 3.23. The molecule has 0 aliphatic heterocycles. The van der Waals surface area contributed by atoms with Gasteiger partial charge in [0.15, 0.2) is 0 Å². The maximum absolute atomic E-state index is 12.1. The average molecular weight is 296 g/mol. The van der Waals surface area contributed by atoms with E-state index in [1.165, 1.54) is 19.3 Å². The van der Waals surface area contributed by atoms with E-state index in [1.54, 1.807) is 16.2 Å². The molecule has 1 heterocycles. The Morgan fingerprint density at radius 1 is 1.45 bits per heavy atom. The van der Waals surface area contributed by atoms with Crippen molar-refractivity contribution in [1.29, 1.82) is 0 Å². The summed E-state index contributed by atoms with van der Waals surface area (Å²) in [7, 11) is 6.09. The normalized spacial score (nSPS) is 16.8. The van der Waals surface area contributed by atoms with Gasteiger partial charge in [0.2, 0.25) is 0 Å². The van der Waals surface area contributed by atoms with E-state index in [4.69, 9.17) is 0 Å². The number of hydrogen-bond acceptors (Lipinski definition) is 4. The van der Waals surface area contributed by atoms with Crippen molar-refractivity contribution in [2.75, 3.05) is 34.2 Å². The maximum Gasteiger partial charge on any atom is 0.317 e. The summed E-state index contributed by atoms with van der Waals surface area (Å²) < 4.78 is 0. The molecule has 1 aromatic heterocycles. The molecule has 112 valence electrons. The number of nitrogens with one attached hydrogen (secondary N) is 1. The van der Waals surface area contributed by atoms with Gasteiger partial charge in [-0.25, -0.2) is 9.78 Å². The van der Waals surface area contributed by atoms with Gasteiger partial charge in [-0.3, -0.25) is 0 Å². The van der Waals surface area contributed by atoms with Crippen LogP contribution in [-0.4, -0.2) is 60.6 Å². The summed E-state index contributed by atoms with van der Waals surface area (Å²) in [5.41, 5.74) is 3.04. The Morgan fingerprint density at radius 3 is 2.70 bits per heavy atom. The van der Waals surface area contributed by atoms with E-state index in [0.29, 0.717) is 6.54 Å².